The van der Waals surface area contributed by atoms with Crippen molar-refractivity contribution >= 4 is 5.91 Å². The highest BCUT2D eigenvalue weighted by Gasteiger charge is 2.47. The summed E-state index contributed by atoms with van der Waals surface area (Å²) < 4.78 is 30.1. The van der Waals surface area contributed by atoms with E-state index in [1.54, 1.807) is 18.2 Å². The highest BCUT2D eigenvalue weighted by atomic mass is 19.3. The summed E-state index contributed by atoms with van der Waals surface area (Å²) in [5.41, 5.74) is 2.43. The van der Waals surface area contributed by atoms with Crippen LogP contribution in [0, 0.1) is 18.8 Å². The fourth-order valence-electron chi connectivity index (χ4n) is 4.44. The predicted molar refractivity (Wildman–Crippen MR) is 97.9 cm³/mol. The molecule has 3 atom stereocenters. The zero-order valence-electron chi connectivity index (χ0n) is 15.1. The Morgan fingerprint density at radius 2 is 1.89 bits per heavy atom. The van der Waals surface area contributed by atoms with E-state index in [-0.39, 0.29) is 23.3 Å². The average Bonchev–Trinajstić information content (AvgIpc) is 3.23. The van der Waals surface area contributed by atoms with Crippen molar-refractivity contribution in [2.75, 3.05) is 19.6 Å². The van der Waals surface area contributed by atoms with Crippen LogP contribution in [0.15, 0.2) is 48.5 Å². The van der Waals surface area contributed by atoms with Gasteiger partial charge in [-0.3, -0.25) is 4.79 Å². The van der Waals surface area contributed by atoms with Crippen LogP contribution >= 0.6 is 0 Å². The van der Waals surface area contributed by atoms with Crippen molar-refractivity contribution in [2.24, 2.45) is 11.8 Å². The van der Waals surface area contributed by atoms with E-state index < -0.39 is 6.61 Å². The van der Waals surface area contributed by atoms with E-state index in [1.165, 1.54) is 6.07 Å². The first kappa shape index (κ1) is 17.9. The van der Waals surface area contributed by atoms with Crippen molar-refractivity contribution in [1.82, 2.24) is 10.2 Å². The minimum Gasteiger partial charge on any atom is -0.434 e. The number of alkyl halides is 2. The summed E-state index contributed by atoms with van der Waals surface area (Å²) >= 11 is 0. The molecule has 2 heterocycles. The molecule has 1 N–H and O–H groups in total. The molecule has 142 valence electrons. The quantitative estimate of drug-likeness (QED) is 0.891. The van der Waals surface area contributed by atoms with E-state index >= 15 is 0 Å². The number of aryl methyl sites for hydroxylation is 1. The first-order valence-electron chi connectivity index (χ1n) is 9.17. The fourth-order valence-corrected chi connectivity index (χ4v) is 4.44. The number of carbonyl (C=O) groups excluding carboxylic acids is 1. The molecule has 0 spiro atoms. The normalized spacial score (nSPS) is 24.3. The number of rotatable bonds is 4. The van der Waals surface area contributed by atoms with Gasteiger partial charge in [-0.05, 0) is 36.1 Å². The van der Waals surface area contributed by atoms with Crippen molar-refractivity contribution in [3.8, 4) is 5.75 Å². The van der Waals surface area contributed by atoms with Crippen molar-refractivity contribution < 1.29 is 18.3 Å². The van der Waals surface area contributed by atoms with Gasteiger partial charge in [0, 0.05) is 25.6 Å². The summed E-state index contributed by atoms with van der Waals surface area (Å²) in [6.45, 7) is 1.41. The molecule has 27 heavy (non-hydrogen) atoms. The van der Waals surface area contributed by atoms with Crippen LogP contribution in [-0.2, 0) is 0 Å². The molecule has 2 aliphatic heterocycles. The maximum atomic E-state index is 13.4. The summed E-state index contributed by atoms with van der Waals surface area (Å²) in [7, 11) is 0. The lowest BCUT2D eigenvalue weighted by atomic mass is 9.87. The molecule has 2 fully saturated rings. The number of benzene rings is 2. The Balaban J connectivity index is 1.72. The monoisotopic (exact) mass is 372 g/mol. The number of nitrogens with zero attached hydrogens (tertiary/aromatic N) is 1. The SMILES string of the molecule is Cc1ccccc1[C@@H]1[C@H]2CNC[C@H]2CN1C(=O)c1ccccc1OC(F)F. The zero-order valence-corrected chi connectivity index (χ0v) is 15.1. The number of hydrogen-bond acceptors (Lipinski definition) is 3. The van der Waals surface area contributed by atoms with Crippen LogP contribution < -0.4 is 10.1 Å². The van der Waals surface area contributed by atoms with Crippen LogP contribution in [0.25, 0.3) is 0 Å². The van der Waals surface area contributed by atoms with Gasteiger partial charge in [0.1, 0.15) is 5.75 Å². The molecule has 6 heteroatoms. The molecular weight excluding hydrogens is 350 g/mol. The molecule has 2 aromatic rings. The van der Waals surface area contributed by atoms with Crippen LogP contribution in [0.1, 0.15) is 27.5 Å². The van der Waals surface area contributed by atoms with Gasteiger partial charge in [0.25, 0.3) is 5.91 Å². The highest BCUT2D eigenvalue weighted by Crippen LogP contribution is 2.44. The third kappa shape index (κ3) is 3.30. The molecule has 2 saturated heterocycles. The van der Waals surface area contributed by atoms with Gasteiger partial charge in [0.05, 0.1) is 11.6 Å². The van der Waals surface area contributed by atoms with Gasteiger partial charge in [-0.25, -0.2) is 0 Å². The summed E-state index contributed by atoms with van der Waals surface area (Å²) in [6, 6.07) is 14.2. The van der Waals surface area contributed by atoms with Crippen LogP contribution in [0.3, 0.4) is 0 Å². The Labute approximate surface area is 157 Å². The largest absolute Gasteiger partial charge is 0.434 e. The molecule has 4 rings (SSSR count). The van der Waals surface area contributed by atoms with E-state index in [0.29, 0.717) is 18.4 Å². The first-order chi connectivity index (χ1) is 13.1. The van der Waals surface area contributed by atoms with Crippen molar-refractivity contribution in [3.63, 3.8) is 0 Å². The minimum atomic E-state index is -2.96. The molecule has 1 amide bonds. The topological polar surface area (TPSA) is 41.6 Å². The third-order valence-electron chi connectivity index (χ3n) is 5.67. The van der Waals surface area contributed by atoms with Gasteiger partial charge >= 0.3 is 6.61 Å². The average molecular weight is 372 g/mol. The van der Waals surface area contributed by atoms with Crippen molar-refractivity contribution in [1.29, 1.82) is 0 Å². The number of amides is 1. The van der Waals surface area contributed by atoms with E-state index in [1.807, 2.05) is 30.0 Å². The van der Waals surface area contributed by atoms with Gasteiger partial charge in [0.2, 0.25) is 0 Å². The lowest BCUT2D eigenvalue weighted by molar-refractivity contribution is -0.0503. The molecular formula is C21H22F2N2O2. The molecule has 2 aromatic carbocycles. The number of hydrogen-bond donors (Lipinski definition) is 1. The van der Waals surface area contributed by atoms with Gasteiger partial charge in [0.15, 0.2) is 0 Å². The summed E-state index contributed by atoms with van der Waals surface area (Å²) in [5, 5.41) is 3.42. The van der Waals surface area contributed by atoms with Gasteiger partial charge in [-0.1, -0.05) is 36.4 Å². The van der Waals surface area contributed by atoms with E-state index in [9.17, 15) is 13.6 Å². The Morgan fingerprint density at radius 3 is 2.67 bits per heavy atom. The maximum absolute atomic E-state index is 13.4. The summed E-state index contributed by atoms with van der Waals surface area (Å²) in [6.07, 6.45) is 0. The van der Waals surface area contributed by atoms with E-state index in [2.05, 4.69) is 16.1 Å². The van der Waals surface area contributed by atoms with Crippen LogP contribution in [0.5, 0.6) is 5.75 Å². The van der Waals surface area contributed by atoms with Crippen LogP contribution in [0.4, 0.5) is 8.78 Å². The lowest BCUT2D eigenvalue weighted by Gasteiger charge is -2.30. The Hall–Kier alpha value is -2.47. The zero-order chi connectivity index (χ0) is 19.0. The smallest absolute Gasteiger partial charge is 0.387 e. The molecule has 0 bridgehead atoms. The minimum absolute atomic E-state index is 0.0710. The second kappa shape index (κ2) is 7.27. The number of likely N-dealkylation sites (tertiary alicyclic amines) is 1. The number of fused-ring (bicyclic) bond motifs is 1. The predicted octanol–water partition coefficient (Wildman–Crippen LogP) is 3.63. The Bertz CT molecular complexity index is 842. The molecule has 2 aliphatic rings. The Morgan fingerprint density at radius 1 is 1.15 bits per heavy atom. The second-order valence-corrected chi connectivity index (χ2v) is 7.22. The molecule has 0 aromatic heterocycles. The molecule has 0 aliphatic carbocycles. The van der Waals surface area contributed by atoms with Crippen LogP contribution in [0.2, 0.25) is 0 Å². The van der Waals surface area contributed by atoms with Crippen molar-refractivity contribution in [3.05, 3.63) is 65.2 Å². The molecule has 4 nitrogen and oxygen atoms in total. The van der Waals surface area contributed by atoms with Crippen molar-refractivity contribution in [2.45, 2.75) is 19.6 Å². The number of para-hydroxylation sites is 1. The van der Waals surface area contributed by atoms with Gasteiger partial charge in [-0.2, -0.15) is 8.78 Å². The molecule has 0 radical (unpaired) electrons. The summed E-state index contributed by atoms with van der Waals surface area (Å²) in [5.74, 6) is 0.352. The number of halogens is 2. The number of nitrogens with one attached hydrogen (secondary N) is 1. The van der Waals surface area contributed by atoms with Gasteiger partial charge < -0.3 is 15.0 Å². The summed E-state index contributed by atoms with van der Waals surface area (Å²) in [4.78, 5) is 15.2. The molecule has 0 saturated carbocycles. The fraction of sp³-hybridized carbons (Fsp3) is 0.381. The third-order valence-corrected chi connectivity index (χ3v) is 5.67. The Kier molecular flexibility index (Phi) is 4.83. The van der Waals surface area contributed by atoms with E-state index in [4.69, 9.17) is 0 Å². The number of ether oxygens (including phenoxy) is 1. The second-order valence-electron chi connectivity index (χ2n) is 7.22. The standard InChI is InChI=1S/C21H22F2N2O2/c1-13-6-2-3-7-15(13)19-17-11-24-10-14(17)12-25(19)20(26)16-8-4-5-9-18(16)27-21(22)23/h2-9,14,17,19,21,24H,10-12H2,1H3/t14-,17-,19+/m0/s1. The van der Waals surface area contributed by atoms with Gasteiger partial charge in [-0.15, -0.1) is 0 Å². The first-order valence-corrected chi connectivity index (χ1v) is 9.17. The maximum Gasteiger partial charge on any atom is 0.387 e. The lowest BCUT2D eigenvalue weighted by Crippen LogP contribution is -2.35. The number of carbonyl (C=O) groups is 1. The van der Waals surface area contributed by atoms with Crippen LogP contribution in [-0.4, -0.2) is 37.1 Å². The van der Waals surface area contributed by atoms with E-state index in [0.717, 1.165) is 24.2 Å². The highest BCUT2D eigenvalue weighted by molar-refractivity contribution is 5.97. The molecule has 0 unspecified atom stereocenters.